The average molecular weight is 402 g/mol. The first-order valence-corrected chi connectivity index (χ1v) is 8.39. The first-order valence-electron chi connectivity index (χ1n) is 8.01. The Morgan fingerprint density at radius 2 is 1.93 bits per heavy atom. The zero-order chi connectivity index (χ0) is 19.7. The summed E-state index contributed by atoms with van der Waals surface area (Å²) in [4.78, 5) is 8.28. The molecule has 0 saturated carbocycles. The van der Waals surface area contributed by atoms with Crippen LogP contribution in [0.15, 0.2) is 47.5 Å². The minimum absolute atomic E-state index is 0.0790. The molecular formula is C18H13ClFN5O3. The molecule has 0 N–H and O–H groups in total. The fourth-order valence-corrected chi connectivity index (χ4v) is 2.82. The Hall–Kier alpha value is -3.46. The van der Waals surface area contributed by atoms with Crippen molar-refractivity contribution in [2.75, 3.05) is 14.2 Å². The molecule has 0 unspecified atom stereocenters. The molecule has 0 aliphatic carbocycles. The molecule has 2 aromatic heterocycles. The summed E-state index contributed by atoms with van der Waals surface area (Å²) in [5.74, 6) is 0.974. The first-order chi connectivity index (χ1) is 13.6. The van der Waals surface area contributed by atoms with E-state index < -0.39 is 5.82 Å². The molecule has 10 heteroatoms. The third-order valence-electron chi connectivity index (χ3n) is 4.00. The van der Waals surface area contributed by atoms with Crippen LogP contribution in [-0.4, -0.2) is 39.1 Å². The van der Waals surface area contributed by atoms with Crippen LogP contribution >= 0.6 is 11.6 Å². The standard InChI is InChI=1S/C18H13ClFN5O3/c1-26-15-4-3-10(5-16(15)27-2)17-23-18(28-24-17)11-6-12(19)13(20)7-14(11)25-9-21-8-22-25/h3-9H,1-2H3. The van der Waals surface area contributed by atoms with Crippen molar-refractivity contribution in [3.63, 3.8) is 0 Å². The van der Waals surface area contributed by atoms with Crippen molar-refractivity contribution in [3.05, 3.63) is 53.8 Å². The van der Waals surface area contributed by atoms with Crippen LogP contribution in [0.3, 0.4) is 0 Å². The highest BCUT2D eigenvalue weighted by Gasteiger charge is 2.19. The number of benzene rings is 2. The molecule has 0 bridgehead atoms. The lowest BCUT2D eigenvalue weighted by molar-refractivity contribution is 0.355. The van der Waals surface area contributed by atoms with E-state index in [9.17, 15) is 4.39 Å². The van der Waals surface area contributed by atoms with Gasteiger partial charge in [0.1, 0.15) is 18.5 Å². The summed E-state index contributed by atoms with van der Waals surface area (Å²) in [6, 6.07) is 7.86. The van der Waals surface area contributed by atoms with Crippen molar-refractivity contribution < 1.29 is 18.4 Å². The van der Waals surface area contributed by atoms with Crippen LogP contribution in [0.1, 0.15) is 0 Å². The second kappa shape index (κ2) is 7.28. The second-order valence-corrected chi connectivity index (χ2v) is 6.02. The van der Waals surface area contributed by atoms with Crippen molar-refractivity contribution in [1.82, 2.24) is 24.9 Å². The quantitative estimate of drug-likeness (QED) is 0.502. The average Bonchev–Trinajstić information content (AvgIpc) is 3.41. The van der Waals surface area contributed by atoms with E-state index >= 15 is 0 Å². The SMILES string of the molecule is COc1ccc(-c2noc(-c3cc(Cl)c(F)cc3-n3cncn3)n2)cc1OC. The number of nitrogens with zero attached hydrogens (tertiary/aromatic N) is 5. The molecule has 0 aliphatic heterocycles. The smallest absolute Gasteiger partial charge is 0.260 e. The van der Waals surface area contributed by atoms with Crippen LogP contribution < -0.4 is 9.47 Å². The normalized spacial score (nSPS) is 10.9. The Morgan fingerprint density at radius 3 is 2.64 bits per heavy atom. The van der Waals surface area contributed by atoms with Gasteiger partial charge in [-0.1, -0.05) is 16.8 Å². The molecule has 0 aliphatic rings. The van der Waals surface area contributed by atoms with Gasteiger partial charge in [-0.05, 0) is 24.3 Å². The van der Waals surface area contributed by atoms with E-state index in [1.54, 1.807) is 25.3 Å². The number of halogens is 2. The van der Waals surface area contributed by atoms with Gasteiger partial charge < -0.3 is 14.0 Å². The zero-order valence-corrected chi connectivity index (χ0v) is 15.5. The molecule has 0 amide bonds. The highest BCUT2D eigenvalue weighted by atomic mass is 35.5. The Kier molecular flexibility index (Phi) is 4.66. The number of ether oxygens (including phenoxy) is 2. The fraction of sp³-hybridized carbons (Fsp3) is 0.111. The Labute approximate surface area is 163 Å². The summed E-state index contributed by atoms with van der Waals surface area (Å²) >= 11 is 5.95. The Morgan fingerprint density at radius 1 is 1.11 bits per heavy atom. The number of hydrogen-bond acceptors (Lipinski definition) is 7. The van der Waals surface area contributed by atoms with Crippen LogP contribution in [0, 0.1) is 5.82 Å². The van der Waals surface area contributed by atoms with E-state index in [0.717, 1.165) is 0 Å². The van der Waals surface area contributed by atoms with Crippen molar-refractivity contribution >= 4 is 11.6 Å². The summed E-state index contributed by atoms with van der Waals surface area (Å²) in [7, 11) is 3.09. The van der Waals surface area contributed by atoms with E-state index in [0.29, 0.717) is 34.1 Å². The highest BCUT2D eigenvalue weighted by molar-refractivity contribution is 6.31. The number of rotatable bonds is 5. The van der Waals surface area contributed by atoms with Crippen molar-refractivity contribution in [2.45, 2.75) is 0 Å². The van der Waals surface area contributed by atoms with Gasteiger partial charge in [-0.3, -0.25) is 0 Å². The van der Waals surface area contributed by atoms with E-state index in [1.165, 1.54) is 36.6 Å². The molecule has 0 atom stereocenters. The molecule has 28 heavy (non-hydrogen) atoms. The third kappa shape index (κ3) is 3.16. The molecule has 142 valence electrons. The summed E-state index contributed by atoms with van der Waals surface area (Å²) in [5, 5.41) is 7.95. The number of methoxy groups -OCH3 is 2. The van der Waals surface area contributed by atoms with Gasteiger partial charge in [0.25, 0.3) is 5.89 Å². The van der Waals surface area contributed by atoms with Crippen molar-refractivity contribution in [1.29, 1.82) is 0 Å². The maximum Gasteiger partial charge on any atom is 0.260 e. The summed E-state index contributed by atoms with van der Waals surface area (Å²) in [6.45, 7) is 0. The van der Waals surface area contributed by atoms with E-state index in [4.69, 9.17) is 25.6 Å². The lowest BCUT2D eigenvalue weighted by Gasteiger charge is -2.08. The molecular weight excluding hydrogens is 389 g/mol. The fourth-order valence-electron chi connectivity index (χ4n) is 2.66. The predicted octanol–water partition coefficient (Wildman–Crippen LogP) is 3.79. The van der Waals surface area contributed by atoms with E-state index in [-0.39, 0.29) is 10.9 Å². The maximum atomic E-state index is 14.0. The van der Waals surface area contributed by atoms with Gasteiger partial charge >= 0.3 is 0 Å². The summed E-state index contributed by atoms with van der Waals surface area (Å²) in [6.07, 6.45) is 2.76. The maximum absolute atomic E-state index is 14.0. The second-order valence-electron chi connectivity index (χ2n) is 5.62. The Balaban J connectivity index is 1.79. The Bertz CT molecular complexity index is 1130. The first kappa shape index (κ1) is 17.9. The summed E-state index contributed by atoms with van der Waals surface area (Å²) < 4.78 is 31.3. The van der Waals surface area contributed by atoms with Crippen molar-refractivity contribution in [3.8, 4) is 40.0 Å². The van der Waals surface area contributed by atoms with E-state index in [2.05, 4.69) is 20.2 Å². The van der Waals surface area contributed by atoms with Gasteiger partial charge in [0, 0.05) is 11.6 Å². The van der Waals surface area contributed by atoms with Crippen LogP contribution in [0.25, 0.3) is 28.5 Å². The number of hydrogen-bond donors (Lipinski definition) is 0. The van der Waals surface area contributed by atoms with Crippen LogP contribution in [0.4, 0.5) is 4.39 Å². The topological polar surface area (TPSA) is 88.1 Å². The highest BCUT2D eigenvalue weighted by Crippen LogP contribution is 2.34. The lowest BCUT2D eigenvalue weighted by Crippen LogP contribution is -1.99. The molecule has 4 rings (SSSR count). The number of aromatic nitrogens is 5. The van der Waals surface area contributed by atoms with Crippen LogP contribution in [0.5, 0.6) is 11.5 Å². The van der Waals surface area contributed by atoms with E-state index in [1.807, 2.05) is 0 Å². The van der Waals surface area contributed by atoms with Crippen molar-refractivity contribution in [2.24, 2.45) is 0 Å². The van der Waals surface area contributed by atoms with Crippen LogP contribution in [0.2, 0.25) is 5.02 Å². The van der Waals surface area contributed by atoms with Gasteiger partial charge in [0.2, 0.25) is 5.82 Å². The van der Waals surface area contributed by atoms with Crippen LogP contribution in [-0.2, 0) is 0 Å². The lowest BCUT2D eigenvalue weighted by atomic mass is 10.1. The molecule has 0 fully saturated rings. The third-order valence-corrected chi connectivity index (χ3v) is 4.29. The molecule has 4 aromatic rings. The molecule has 8 nitrogen and oxygen atoms in total. The molecule has 2 aromatic carbocycles. The minimum atomic E-state index is -0.601. The van der Waals surface area contributed by atoms with Gasteiger partial charge in [-0.15, -0.1) is 0 Å². The van der Waals surface area contributed by atoms with Gasteiger partial charge in [0.15, 0.2) is 11.5 Å². The van der Waals surface area contributed by atoms with Gasteiger partial charge in [-0.2, -0.15) is 10.1 Å². The zero-order valence-electron chi connectivity index (χ0n) is 14.8. The summed E-state index contributed by atoms with van der Waals surface area (Å²) in [5.41, 5.74) is 1.43. The molecule has 0 spiro atoms. The molecule has 2 heterocycles. The predicted molar refractivity (Wildman–Crippen MR) is 98.2 cm³/mol. The largest absolute Gasteiger partial charge is 0.493 e. The molecule has 0 saturated heterocycles. The molecule has 0 radical (unpaired) electrons. The minimum Gasteiger partial charge on any atom is -0.493 e. The van der Waals surface area contributed by atoms with Gasteiger partial charge in [0.05, 0.1) is 30.5 Å². The van der Waals surface area contributed by atoms with Gasteiger partial charge in [-0.25, -0.2) is 14.1 Å². The monoisotopic (exact) mass is 401 g/mol.